The van der Waals surface area contributed by atoms with Crippen molar-refractivity contribution in [3.63, 3.8) is 0 Å². The highest BCUT2D eigenvalue weighted by Gasteiger charge is 2.51. The van der Waals surface area contributed by atoms with Gasteiger partial charge in [-0.2, -0.15) is 21.6 Å². The number of benzene rings is 3. The molecule has 3 rings (SSSR count). The normalized spacial score (nSPS) is 13.5. The molecule has 174 valence electrons. The average Bonchev–Trinajstić information content (AvgIpc) is 2.71. The van der Waals surface area contributed by atoms with Gasteiger partial charge in [0.05, 0.1) is 19.0 Å². The van der Waals surface area contributed by atoms with Gasteiger partial charge in [-0.1, -0.05) is 48.5 Å². The van der Waals surface area contributed by atoms with E-state index in [-0.39, 0.29) is 5.56 Å². The van der Waals surface area contributed by atoms with E-state index < -0.39 is 62.2 Å². The van der Waals surface area contributed by atoms with E-state index in [0.29, 0.717) is 10.8 Å². The fourth-order valence-electron chi connectivity index (χ4n) is 3.53. The van der Waals surface area contributed by atoms with Gasteiger partial charge in [-0.05, 0) is 27.6 Å². The Morgan fingerprint density at radius 3 is 1.78 bits per heavy atom. The Bertz CT molecular complexity index is 1180. The van der Waals surface area contributed by atoms with Crippen molar-refractivity contribution >= 4 is 47.8 Å². The zero-order valence-corrected chi connectivity index (χ0v) is 18.3. The highest BCUT2D eigenvalue weighted by atomic mass is 32.3. The number of alkyl halides is 3. The molecule has 0 radical (unpaired) electrons. The molecule has 11 heteroatoms. The maximum absolute atomic E-state index is 13.5. The number of aliphatic hydroxyl groups is 2. The molecule has 0 saturated heterocycles. The molecule has 0 aliphatic rings. The summed E-state index contributed by atoms with van der Waals surface area (Å²) in [5, 5.41) is 21.4. The molecule has 0 aliphatic carbocycles. The fraction of sp³-hybridized carbons (Fsp3) is 0.286. The molecule has 0 unspecified atom stereocenters. The lowest BCUT2D eigenvalue weighted by Gasteiger charge is -2.37. The van der Waals surface area contributed by atoms with E-state index >= 15 is 0 Å². The summed E-state index contributed by atoms with van der Waals surface area (Å²) in [5.41, 5.74) is -5.48. The molecule has 0 spiro atoms. The van der Waals surface area contributed by atoms with Crippen molar-refractivity contribution in [2.75, 3.05) is 30.5 Å². The van der Waals surface area contributed by atoms with E-state index in [0.717, 1.165) is 10.8 Å². The van der Waals surface area contributed by atoms with Crippen molar-refractivity contribution in [1.29, 1.82) is 0 Å². The summed E-state index contributed by atoms with van der Waals surface area (Å²) in [7, 11) is -9.43. The third kappa shape index (κ3) is 4.91. The lowest BCUT2D eigenvalue weighted by molar-refractivity contribution is -0.0496. The van der Waals surface area contributed by atoms with E-state index in [1.165, 1.54) is 0 Å². The molecular weight excluding hydrogens is 469 g/mol. The summed E-state index contributed by atoms with van der Waals surface area (Å²) in [5.74, 6) is -2.37. The third-order valence-electron chi connectivity index (χ3n) is 4.89. The minimum absolute atomic E-state index is 0.222. The largest absolute Gasteiger partial charge is 0.523 e. The molecule has 3 aromatic rings. The Kier molecular flexibility index (Phi) is 7.15. The van der Waals surface area contributed by atoms with Gasteiger partial charge >= 0.3 is 15.6 Å². The molecule has 0 heterocycles. The molecule has 32 heavy (non-hydrogen) atoms. The number of ketones is 1. The number of hydrogen-bond acceptors (Lipinski definition) is 6. The van der Waals surface area contributed by atoms with Crippen molar-refractivity contribution < 1.29 is 40.2 Å². The first-order valence-corrected chi connectivity index (χ1v) is 12.9. The van der Waals surface area contributed by atoms with Crippen LogP contribution in [0.4, 0.5) is 13.2 Å². The van der Waals surface area contributed by atoms with Crippen LogP contribution in [-0.4, -0.2) is 60.4 Å². The lowest BCUT2D eigenvalue weighted by atomic mass is 9.95. The van der Waals surface area contributed by atoms with Crippen LogP contribution in [0.5, 0.6) is 0 Å². The molecule has 0 aromatic heterocycles. The van der Waals surface area contributed by atoms with Gasteiger partial charge in [0.25, 0.3) is 0 Å². The summed E-state index contributed by atoms with van der Waals surface area (Å²) >= 11 is 0. The Morgan fingerprint density at radius 2 is 1.34 bits per heavy atom. The van der Waals surface area contributed by atoms with Gasteiger partial charge in [0.15, 0.2) is 5.78 Å². The third-order valence-corrected chi connectivity index (χ3v) is 9.97. The van der Waals surface area contributed by atoms with Crippen molar-refractivity contribution in [2.45, 2.75) is 5.51 Å². The summed E-state index contributed by atoms with van der Waals surface area (Å²) in [6.07, 6.45) is 0. The first-order chi connectivity index (χ1) is 15.0. The number of carbonyl (C=O) groups excluding carboxylic acids is 1. The monoisotopic (exact) mass is 490 g/mol. The number of Topliss-reactive ketones (excluding diaryl/α,β-unsaturated/α-hetero) is 1. The van der Waals surface area contributed by atoms with Crippen LogP contribution in [0.15, 0.2) is 54.6 Å². The minimum atomic E-state index is -6.05. The molecular formula is C21H21F3O6S2. The Balaban J connectivity index is 2.15. The summed E-state index contributed by atoms with van der Waals surface area (Å²) in [6.45, 7) is -1.43. The number of fused-ring (bicyclic) bond motifs is 2. The van der Waals surface area contributed by atoms with Gasteiger partial charge in [0.2, 0.25) is 0 Å². The smallest absolute Gasteiger partial charge is 0.395 e. The van der Waals surface area contributed by atoms with Gasteiger partial charge in [-0.3, -0.25) is 4.79 Å². The first-order valence-electron chi connectivity index (χ1n) is 9.48. The number of halogens is 3. The first kappa shape index (κ1) is 24.5. The van der Waals surface area contributed by atoms with Crippen molar-refractivity contribution in [3.05, 3.63) is 60.2 Å². The molecule has 0 bridgehead atoms. The van der Waals surface area contributed by atoms with Crippen LogP contribution in [0.1, 0.15) is 10.4 Å². The minimum Gasteiger partial charge on any atom is -0.395 e. The highest BCUT2D eigenvalue weighted by Crippen LogP contribution is 2.53. The van der Waals surface area contributed by atoms with Crippen LogP contribution in [0, 0.1) is 0 Å². The fourth-order valence-corrected chi connectivity index (χ4v) is 7.87. The molecule has 0 atom stereocenters. The summed E-state index contributed by atoms with van der Waals surface area (Å²) in [6, 6.07) is 15.8. The number of carbonyl (C=O) groups is 1. The second-order valence-corrected chi connectivity index (χ2v) is 12.0. The van der Waals surface area contributed by atoms with Gasteiger partial charge < -0.3 is 10.2 Å². The molecule has 0 amide bonds. The van der Waals surface area contributed by atoms with E-state index in [2.05, 4.69) is 3.63 Å². The molecule has 0 fully saturated rings. The Labute approximate surface area is 184 Å². The van der Waals surface area contributed by atoms with Crippen molar-refractivity contribution in [1.82, 2.24) is 0 Å². The van der Waals surface area contributed by atoms with E-state index in [4.69, 9.17) is 0 Å². The van der Waals surface area contributed by atoms with E-state index in [1.807, 2.05) is 6.07 Å². The zero-order valence-electron chi connectivity index (χ0n) is 16.7. The van der Waals surface area contributed by atoms with Crippen LogP contribution in [0.25, 0.3) is 21.5 Å². The standard InChI is InChI=1S/C21H21F3O6S2/c22-21(23,24)32(28,29)30-31(11-9-25,12-10-26)14-19(27)20-17-7-3-1-5-15(17)13-16-6-2-4-8-18(16)20/h1-8,13,25-26H,9-12,14H2. The lowest BCUT2D eigenvalue weighted by Crippen LogP contribution is -2.33. The van der Waals surface area contributed by atoms with Crippen LogP contribution in [0.3, 0.4) is 0 Å². The maximum atomic E-state index is 13.5. The Morgan fingerprint density at radius 1 is 0.875 bits per heavy atom. The van der Waals surface area contributed by atoms with Crippen LogP contribution >= 0.6 is 10.3 Å². The van der Waals surface area contributed by atoms with Gasteiger partial charge in [0.1, 0.15) is 0 Å². The van der Waals surface area contributed by atoms with E-state index in [1.54, 1.807) is 48.5 Å². The van der Waals surface area contributed by atoms with Gasteiger partial charge in [-0.25, -0.2) is 3.63 Å². The average molecular weight is 491 g/mol. The number of aliphatic hydroxyl groups excluding tert-OH is 2. The molecule has 2 N–H and O–H groups in total. The van der Waals surface area contributed by atoms with Crippen LogP contribution in [0.2, 0.25) is 0 Å². The predicted octanol–water partition coefficient (Wildman–Crippen LogP) is 3.75. The van der Waals surface area contributed by atoms with Crippen LogP contribution < -0.4 is 0 Å². The quantitative estimate of drug-likeness (QED) is 0.269. The molecule has 0 saturated carbocycles. The van der Waals surface area contributed by atoms with Gasteiger partial charge in [-0.15, -0.1) is 10.3 Å². The molecule has 3 aromatic carbocycles. The SMILES string of the molecule is O=C(CS(CCO)(CCO)OS(=O)(=O)C(F)(F)F)c1c2ccccc2cc2ccccc12. The van der Waals surface area contributed by atoms with Gasteiger partial charge in [0, 0.05) is 17.1 Å². The summed E-state index contributed by atoms with van der Waals surface area (Å²) < 4.78 is 67.1. The Hall–Kier alpha value is -2.18. The topological polar surface area (TPSA) is 101 Å². The highest BCUT2D eigenvalue weighted by molar-refractivity contribution is 8.33. The second kappa shape index (κ2) is 9.36. The van der Waals surface area contributed by atoms with Crippen LogP contribution in [-0.2, 0) is 13.7 Å². The molecule has 6 nitrogen and oxygen atoms in total. The van der Waals surface area contributed by atoms with E-state index in [9.17, 15) is 36.6 Å². The summed E-state index contributed by atoms with van der Waals surface area (Å²) in [4.78, 5) is 13.5. The zero-order chi connectivity index (χ0) is 23.6. The second-order valence-electron chi connectivity index (χ2n) is 7.05. The number of hydrogen-bond donors (Lipinski definition) is 2. The number of rotatable bonds is 9. The van der Waals surface area contributed by atoms with Crippen molar-refractivity contribution in [3.8, 4) is 0 Å². The maximum Gasteiger partial charge on any atom is 0.523 e. The predicted molar refractivity (Wildman–Crippen MR) is 118 cm³/mol. The molecule has 0 aliphatic heterocycles. The van der Waals surface area contributed by atoms with Crippen molar-refractivity contribution in [2.24, 2.45) is 0 Å².